The molecule has 1 saturated heterocycles. The molecule has 144 valence electrons. The van der Waals surface area contributed by atoms with E-state index >= 15 is 0 Å². The molecule has 0 aliphatic carbocycles. The standard InChI is InChI=1S/C20H20N4O4/c1-14-18(11-15(13-21)12-19(14)24(26)27)22-7-9-23(10-8-22)20(25)16-3-5-17(28-2)6-4-16/h3-6,11-12H,7-10H2,1-2H3. The van der Waals surface area contributed by atoms with E-state index in [2.05, 4.69) is 0 Å². The Hall–Kier alpha value is -3.60. The first-order valence-corrected chi connectivity index (χ1v) is 8.82. The number of hydrogen-bond donors (Lipinski definition) is 0. The summed E-state index contributed by atoms with van der Waals surface area (Å²) in [5.74, 6) is 0.631. The van der Waals surface area contributed by atoms with E-state index in [-0.39, 0.29) is 17.2 Å². The molecule has 1 heterocycles. The molecule has 2 aromatic rings. The van der Waals surface area contributed by atoms with Crippen molar-refractivity contribution in [1.82, 2.24) is 4.90 Å². The van der Waals surface area contributed by atoms with E-state index in [0.29, 0.717) is 48.7 Å². The number of carbonyl (C=O) groups excluding carboxylic acids is 1. The van der Waals surface area contributed by atoms with Crippen LogP contribution in [0.1, 0.15) is 21.5 Å². The number of nitriles is 1. The van der Waals surface area contributed by atoms with Crippen molar-refractivity contribution in [2.24, 2.45) is 0 Å². The van der Waals surface area contributed by atoms with E-state index in [1.54, 1.807) is 49.3 Å². The molecule has 2 aromatic carbocycles. The number of rotatable bonds is 4. The van der Waals surface area contributed by atoms with Crippen LogP contribution in [0.2, 0.25) is 0 Å². The number of methoxy groups -OCH3 is 1. The number of amides is 1. The zero-order valence-electron chi connectivity index (χ0n) is 15.7. The van der Waals surface area contributed by atoms with E-state index < -0.39 is 4.92 Å². The van der Waals surface area contributed by atoms with Crippen LogP contribution >= 0.6 is 0 Å². The third-order valence-electron chi connectivity index (χ3n) is 4.92. The molecule has 0 spiro atoms. The van der Waals surface area contributed by atoms with Crippen LogP contribution in [0.5, 0.6) is 5.75 Å². The third kappa shape index (κ3) is 3.74. The van der Waals surface area contributed by atoms with E-state index in [1.165, 1.54) is 6.07 Å². The fourth-order valence-corrected chi connectivity index (χ4v) is 3.33. The predicted octanol–water partition coefficient (Wildman–Crippen LogP) is 2.75. The first kappa shape index (κ1) is 19.2. The summed E-state index contributed by atoms with van der Waals surface area (Å²) in [6.07, 6.45) is 0. The molecular formula is C20H20N4O4. The van der Waals surface area contributed by atoms with Gasteiger partial charge in [0.25, 0.3) is 11.6 Å². The topological polar surface area (TPSA) is 99.7 Å². The zero-order chi connectivity index (χ0) is 20.3. The van der Waals surface area contributed by atoms with Crippen LogP contribution in [0, 0.1) is 28.4 Å². The molecule has 3 rings (SSSR count). The molecule has 0 saturated carbocycles. The van der Waals surface area contributed by atoms with Crippen molar-refractivity contribution in [3.8, 4) is 11.8 Å². The van der Waals surface area contributed by atoms with Crippen LogP contribution in [-0.2, 0) is 0 Å². The molecule has 1 aliphatic rings. The number of nitro groups is 1. The number of nitrogens with zero attached hydrogens (tertiary/aromatic N) is 4. The van der Waals surface area contributed by atoms with Gasteiger partial charge in [0, 0.05) is 43.5 Å². The Balaban J connectivity index is 1.75. The molecule has 0 atom stereocenters. The lowest BCUT2D eigenvalue weighted by atomic mass is 10.1. The smallest absolute Gasteiger partial charge is 0.275 e. The van der Waals surface area contributed by atoms with Crippen LogP contribution in [0.4, 0.5) is 11.4 Å². The minimum Gasteiger partial charge on any atom is -0.497 e. The SMILES string of the molecule is COc1ccc(C(=O)N2CCN(c3cc(C#N)cc([N+](=O)[O-])c3C)CC2)cc1. The Bertz CT molecular complexity index is 942. The van der Waals surface area contributed by atoms with Gasteiger partial charge in [0.15, 0.2) is 0 Å². The number of ether oxygens (including phenoxy) is 1. The lowest BCUT2D eigenvalue weighted by Gasteiger charge is -2.36. The number of benzene rings is 2. The van der Waals surface area contributed by atoms with Crippen molar-refractivity contribution in [2.75, 3.05) is 38.2 Å². The molecular weight excluding hydrogens is 360 g/mol. The molecule has 8 heteroatoms. The summed E-state index contributed by atoms with van der Waals surface area (Å²) in [6.45, 7) is 3.75. The van der Waals surface area contributed by atoms with Gasteiger partial charge in [-0.15, -0.1) is 0 Å². The fraction of sp³-hybridized carbons (Fsp3) is 0.300. The minimum atomic E-state index is -0.469. The highest BCUT2D eigenvalue weighted by Gasteiger charge is 2.26. The zero-order valence-corrected chi connectivity index (χ0v) is 15.7. The quantitative estimate of drug-likeness (QED) is 0.597. The number of carbonyl (C=O) groups is 1. The van der Waals surface area contributed by atoms with E-state index in [4.69, 9.17) is 4.74 Å². The maximum absolute atomic E-state index is 12.7. The molecule has 0 radical (unpaired) electrons. The first-order chi connectivity index (χ1) is 13.4. The summed E-state index contributed by atoms with van der Waals surface area (Å²) < 4.78 is 5.11. The average Bonchev–Trinajstić information content (AvgIpc) is 2.73. The number of hydrogen-bond acceptors (Lipinski definition) is 6. The van der Waals surface area contributed by atoms with Crippen molar-refractivity contribution in [3.63, 3.8) is 0 Å². The van der Waals surface area contributed by atoms with E-state index in [1.807, 2.05) is 11.0 Å². The number of nitro benzene ring substituents is 1. The molecule has 1 amide bonds. The molecule has 0 unspecified atom stereocenters. The van der Waals surface area contributed by atoms with E-state index in [9.17, 15) is 20.2 Å². The largest absolute Gasteiger partial charge is 0.497 e. The Kier molecular flexibility index (Phi) is 5.45. The van der Waals surface area contributed by atoms with Crippen LogP contribution < -0.4 is 9.64 Å². The molecule has 1 aliphatic heterocycles. The predicted molar refractivity (Wildman–Crippen MR) is 104 cm³/mol. The molecule has 0 bridgehead atoms. The summed E-state index contributed by atoms with van der Waals surface area (Å²) in [5.41, 5.74) is 1.98. The van der Waals surface area contributed by atoms with Gasteiger partial charge >= 0.3 is 0 Å². The lowest BCUT2D eigenvalue weighted by molar-refractivity contribution is -0.385. The second kappa shape index (κ2) is 7.96. The van der Waals surface area contributed by atoms with Crippen molar-refractivity contribution in [1.29, 1.82) is 5.26 Å². The molecule has 8 nitrogen and oxygen atoms in total. The van der Waals surface area contributed by atoms with E-state index in [0.717, 1.165) is 0 Å². The third-order valence-corrected chi connectivity index (χ3v) is 4.92. The molecule has 28 heavy (non-hydrogen) atoms. The van der Waals surface area contributed by atoms with Crippen molar-refractivity contribution in [3.05, 3.63) is 63.2 Å². The lowest BCUT2D eigenvalue weighted by Crippen LogP contribution is -2.49. The molecule has 0 N–H and O–H groups in total. The van der Waals surface area contributed by atoms with Gasteiger partial charge in [-0.2, -0.15) is 5.26 Å². The summed E-state index contributed by atoms with van der Waals surface area (Å²) in [7, 11) is 1.57. The highest BCUT2D eigenvalue weighted by atomic mass is 16.6. The van der Waals surface area contributed by atoms with Crippen molar-refractivity contribution >= 4 is 17.3 Å². The normalized spacial score (nSPS) is 13.8. The highest BCUT2D eigenvalue weighted by Crippen LogP contribution is 2.31. The summed E-state index contributed by atoms with van der Waals surface area (Å²) >= 11 is 0. The van der Waals surface area contributed by atoms with Crippen LogP contribution in [-0.4, -0.2) is 49.0 Å². The highest BCUT2D eigenvalue weighted by molar-refractivity contribution is 5.94. The first-order valence-electron chi connectivity index (χ1n) is 8.82. The van der Waals surface area contributed by atoms with Gasteiger partial charge in [-0.05, 0) is 37.3 Å². The van der Waals surface area contributed by atoms with Gasteiger partial charge in [-0.1, -0.05) is 0 Å². The van der Waals surface area contributed by atoms with Crippen molar-refractivity contribution < 1.29 is 14.5 Å². The molecule has 0 aromatic heterocycles. The van der Waals surface area contributed by atoms with Gasteiger partial charge in [-0.3, -0.25) is 14.9 Å². The summed E-state index contributed by atoms with van der Waals surface area (Å²) in [5, 5.41) is 20.5. The number of piperazine rings is 1. The van der Waals surface area contributed by atoms with Crippen LogP contribution in [0.25, 0.3) is 0 Å². The van der Waals surface area contributed by atoms with Crippen LogP contribution in [0.3, 0.4) is 0 Å². The Morgan fingerprint density at radius 2 is 1.82 bits per heavy atom. The maximum Gasteiger partial charge on any atom is 0.275 e. The Labute approximate surface area is 162 Å². The number of anilines is 1. The summed E-state index contributed by atoms with van der Waals surface area (Å²) in [6, 6.07) is 11.9. The minimum absolute atomic E-state index is 0.0595. The second-order valence-corrected chi connectivity index (χ2v) is 6.52. The average molecular weight is 380 g/mol. The van der Waals surface area contributed by atoms with Gasteiger partial charge < -0.3 is 14.5 Å². The molecule has 1 fully saturated rings. The van der Waals surface area contributed by atoms with Crippen LogP contribution in [0.15, 0.2) is 36.4 Å². The Morgan fingerprint density at radius 3 is 2.36 bits per heavy atom. The fourth-order valence-electron chi connectivity index (χ4n) is 3.33. The van der Waals surface area contributed by atoms with Gasteiger partial charge in [-0.25, -0.2) is 0 Å². The monoisotopic (exact) mass is 380 g/mol. The second-order valence-electron chi connectivity index (χ2n) is 6.52. The van der Waals surface area contributed by atoms with Gasteiger partial charge in [0.05, 0.1) is 29.2 Å². The maximum atomic E-state index is 12.7. The van der Waals surface area contributed by atoms with Crippen molar-refractivity contribution in [2.45, 2.75) is 6.92 Å². The van der Waals surface area contributed by atoms with Gasteiger partial charge in [0.1, 0.15) is 5.75 Å². The summed E-state index contributed by atoms with van der Waals surface area (Å²) in [4.78, 5) is 27.3. The van der Waals surface area contributed by atoms with Gasteiger partial charge in [0.2, 0.25) is 0 Å². The Morgan fingerprint density at radius 1 is 1.18 bits per heavy atom.